The number of rotatable bonds is 5. The number of anilines is 2. The smallest absolute Gasteiger partial charge is 0.272 e. The Morgan fingerprint density at radius 2 is 1.78 bits per heavy atom. The molecule has 1 N–H and O–H groups in total. The van der Waals surface area contributed by atoms with Crippen LogP contribution in [0.3, 0.4) is 0 Å². The molecule has 1 aromatic heterocycles. The minimum absolute atomic E-state index is 0.0849. The number of carbonyl (C=O) groups excluding carboxylic acids is 1. The van der Waals surface area contributed by atoms with E-state index in [0.29, 0.717) is 31.2 Å². The van der Waals surface area contributed by atoms with Crippen LogP contribution in [0.5, 0.6) is 0 Å². The van der Waals surface area contributed by atoms with Gasteiger partial charge in [-0.2, -0.15) is 4.31 Å². The highest BCUT2D eigenvalue weighted by molar-refractivity contribution is 7.91. The van der Waals surface area contributed by atoms with Gasteiger partial charge in [-0.15, -0.1) is 10.2 Å². The number of hydrogen-bond donors (Lipinski definition) is 1. The van der Waals surface area contributed by atoms with E-state index in [1.54, 1.807) is 24.3 Å². The molecule has 12 heteroatoms. The maximum atomic E-state index is 13.0. The van der Waals surface area contributed by atoms with Gasteiger partial charge in [0.1, 0.15) is 0 Å². The first kappa shape index (κ1) is 22.9. The lowest BCUT2D eigenvalue weighted by atomic mass is 10.1. The summed E-state index contributed by atoms with van der Waals surface area (Å²) >= 11 is 13.0. The van der Waals surface area contributed by atoms with E-state index in [4.69, 9.17) is 23.2 Å². The summed E-state index contributed by atoms with van der Waals surface area (Å²) < 4.78 is 27.3. The van der Waals surface area contributed by atoms with Crippen molar-refractivity contribution in [1.29, 1.82) is 0 Å². The van der Waals surface area contributed by atoms with Crippen LogP contribution in [0.1, 0.15) is 15.9 Å². The number of aromatic nitrogens is 2. The summed E-state index contributed by atoms with van der Waals surface area (Å²) in [5.74, 6) is -0.485. The van der Waals surface area contributed by atoms with E-state index in [2.05, 4.69) is 20.4 Å². The molecule has 1 amide bonds. The molecule has 2 aromatic carbocycles. The second kappa shape index (κ2) is 9.32. The first-order valence-corrected chi connectivity index (χ1v) is 12.7. The largest absolute Gasteiger partial charge is 0.369 e. The Morgan fingerprint density at radius 1 is 1.06 bits per heavy atom. The maximum Gasteiger partial charge on any atom is 0.272 e. The number of nitrogens with zero attached hydrogens (tertiary/aromatic N) is 4. The van der Waals surface area contributed by atoms with Gasteiger partial charge in [0.05, 0.1) is 10.6 Å². The minimum Gasteiger partial charge on any atom is -0.369 e. The van der Waals surface area contributed by atoms with Crippen LogP contribution in [-0.2, 0) is 10.0 Å². The van der Waals surface area contributed by atoms with Gasteiger partial charge < -0.3 is 4.90 Å². The van der Waals surface area contributed by atoms with Crippen molar-refractivity contribution in [3.63, 3.8) is 0 Å². The Morgan fingerprint density at radius 3 is 2.50 bits per heavy atom. The van der Waals surface area contributed by atoms with Crippen molar-refractivity contribution >= 4 is 61.3 Å². The highest BCUT2D eigenvalue weighted by atomic mass is 35.5. The molecule has 1 saturated heterocycles. The van der Waals surface area contributed by atoms with Crippen molar-refractivity contribution in [3.8, 4) is 0 Å². The van der Waals surface area contributed by atoms with Crippen molar-refractivity contribution in [2.75, 3.05) is 36.4 Å². The Balaban J connectivity index is 1.43. The fraction of sp³-hybridized carbons (Fsp3) is 0.250. The molecule has 0 aliphatic carbocycles. The SMILES string of the molecule is Cc1ccc(Cl)cc1N1CCN(S(=O)(=O)c2nnc(NC(=O)c3ccccc3Cl)s2)CC1. The van der Waals surface area contributed by atoms with E-state index in [0.717, 1.165) is 22.6 Å². The summed E-state index contributed by atoms with van der Waals surface area (Å²) in [6.45, 7) is 3.64. The average Bonchev–Trinajstić information content (AvgIpc) is 3.25. The summed E-state index contributed by atoms with van der Waals surface area (Å²) in [5, 5.41) is 11.2. The Bertz CT molecular complexity index is 1260. The lowest BCUT2D eigenvalue weighted by Crippen LogP contribution is -2.48. The van der Waals surface area contributed by atoms with E-state index < -0.39 is 15.9 Å². The van der Waals surface area contributed by atoms with Crippen LogP contribution in [0.4, 0.5) is 10.8 Å². The van der Waals surface area contributed by atoms with E-state index in [-0.39, 0.29) is 20.1 Å². The van der Waals surface area contributed by atoms with Crippen LogP contribution < -0.4 is 10.2 Å². The highest BCUT2D eigenvalue weighted by Crippen LogP contribution is 2.28. The number of piperazine rings is 1. The molecule has 2 heterocycles. The molecule has 8 nitrogen and oxygen atoms in total. The lowest BCUT2D eigenvalue weighted by Gasteiger charge is -2.35. The fourth-order valence-electron chi connectivity index (χ4n) is 3.38. The molecule has 0 spiro atoms. The van der Waals surface area contributed by atoms with Crippen molar-refractivity contribution in [3.05, 3.63) is 63.6 Å². The minimum atomic E-state index is -3.83. The van der Waals surface area contributed by atoms with Gasteiger partial charge in [-0.25, -0.2) is 8.42 Å². The third-order valence-electron chi connectivity index (χ3n) is 5.06. The lowest BCUT2D eigenvalue weighted by molar-refractivity contribution is 0.102. The third kappa shape index (κ3) is 4.74. The van der Waals surface area contributed by atoms with Gasteiger partial charge in [0.2, 0.25) is 9.47 Å². The molecule has 0 unspecified atom stereocenters. The van der Waals surface area contributed by atoms with Gasteiger partial charge in [-0.3, -0.25) is 10.1 Å². The molecule has 0 radical (unpaired) electrons. The van der Waals surface area contributed by atoms with Crippen LogP contribution >= 0.6 is 34.5 Å². The van der Waals surface area contributed by atoms with Crippen LogP contribution in [0.15, 0.2) is 46.8 Å². The molecule has 1 fully saturated rings. The van der Waals surface area contributed by atoms with Gasteiger partial charge >= 0.3 is 0 Å². The zero-order chi connectivity index (χ0) is 22.9. The number of hydrogen-bond acceptors (Lipinski definition) is 7. The van der Waals surface area contributed by atoms with Gasteiger partial charge in [0, 0.05) is 36.9 Å². The van der Waals surface area contributed by atoms with Gasteiger partial charge in [0.25, 0.3) is 15.9 Å². The molecule has 3 aromatic rings. The molecule has 0 bridgehead atoms. The Hall–Kier alpha value is -2.24. The predicted octanol–water partition coefficient (Wildman–Crippen LogP) is 3.92. The van der Waals surface area contributed by atoms with E-state index >= 15 is 0 Å². The van der Waals surface area contributed by atoms with Crippen LogP contribution in [0.25, 0.3) is 0 Å². The second-order valence-electron chi connectivity index (χ2n) is 7.13. The summed E-state index contributed by atoms with van der Waals surface area (Å²) in [5.41, 5.74) is 2.34. The molecular weight excluding hydrogens is 493 g/mol. The predicted molar refractivity (Wildman–Crippen MR) is 126 cm³/mol. The zero-order valence-electron chi connectivity index (χ0n) is 17.0. The number of amides is 1. The monoisotopic (exact) mass is 511 g/mol. The topological polar surface area (TPSA) is 95.5 Å². The quantitative estimate of drug-likeness (QED) is 0.521. The average molecular weight is 512 g/mol. The normalized spacial score (nSPS) is 15.0. The standard InChI is InChI=1S/C20H19Cl2N5O3S2/c1-13-6-7-14(21)12-17(13)26-8-10-27(11-9-26)32(29,30)20-25-24-19(31-20)23-18(28)15-4-2-3-5-16(15)22/h2-7,12H,8-11H2,1H3,(H,23,24,28). The van der Waals surface area contributed by atoms with E-state index in [1.165, 1.54) is 4.31 Å². The number of carbonyl (C=O) groups is 1. The van der Waals surface area contributed by atoms with Crippen LogP contribution in [0, 0.1) is 6.92 Å². The summed E-state index contributed by atoms with van der Waals surface area (Å²) in [4.78, 5) is 14.5. The molecule has 1 aliphatic heterocycles. The number of sulfonamides is 1. The molecule has 0 atom stereocenters. The van der Waals surface area contributed by atoms with Gasteiger partial charge in [0.15, 0.2) is 0 Å². The van der Waals surface area contributed by atoms with Crippen molar-refractivity contribution < 1.29 is 13.2 Å². The number of nitrogens with one attached hydrogen (secondary N) is 1. The number of benzene rings is 2. The fourth-order valence-corrected chi connectivity index (χ4v) is 6.22. The molecule has 168 valence electrons. The summed E-state index contributed by atoms with van der Waals surface area (Å²) in [7, 11) is -3.83. The molecular formula is C20H19Cl2N5O3S2. The van der Waals surface area contributed by atoms with Gasteiger partial charge in [-0.05, 0) is 36.8 Å². The maximum absolute atomic E-state index is 13.0. The first-order valence-electron chi connectivity index (χ1n) is 9.66. The van der Waals surface area contributed by atoms with Crippen molar-refractivity contribution in [1.82, 2.24) is 14.5 Å². The van der Waals surface area contributed by atoms with E-state index in [9.17, 15) is 13.2 Å². The van der Waals surface area contributed by atoms with Crippen molar-refractivity contribution in [2.45, 2.75) is 11.3 Å². The molecule has 4 rings (SSSR count). The van der Waals surface area contributed by atoms with Crippen LogP contribution in [-0.4, -0.2) is 55.0 Å². The number of aryl methyl sites for hydroxylation is 1. The van der Waals surface area contributed by atoms with Crippen LogP contribution in [0.2, 0.25) is 10.0 Å². The summed E-state index contributed by atoms with van der Waals surface area (Å²) in [6.07, 6.45) is 0. The molecule has 1 aliphatic rings. The Kier molecular flexibility index (Phi) is 6.68. The van der Waals surface area contributed by atoms with Gasteiger partial charge in [-0.1, -0.05) is 52.7 Å². The second-order valence-corrected chi connectivity index (χ2v) is 11.1. The Labute approximate surface area is 199 Å². The highest BCUT2D eigenvalue weighted by Gasteiger charge is 2.32. The third-order valence-corrected chi connectivity index (χ3v) is 8.70. The first-order chi connectivity index (χ1) is 15.3. The van der Waals surface area contributed by atoms with Crippen molar-refractivity contribution in [2.24, 2.45) is 0 Å². The molecule has 32 heavy (non-hydrogen) atoms. The van der Waals surface area contributed by atoms with E-state index in [1.807, 2.05) is 25.1 Å². The molecule has 0 saturated carbocycles. The number of halogens is 2. The summed E-state index contributed by atoms with van der Waals surface area (Å²) in [6, 6.07) is 12.2. The zero-order valence-corrected chi connectivity index (χ0v) is 20.1.